The zero-order chi connectivity index (χ0) is 16.3. The molecule has 0 bridgehead atoms. The number of fused-ring (bicyclic) bond motifs is 3. The third-order valence-electron chi connectivity index (χ3n) is 5.08. The molecule has 0 radical (unpaired) electrons. The standard InChI is InChI=1S/C19H18N4O/c1-12-4-2-8-20-16(12)15-17-14(5-3-9-21-17)23-11-10-22(13-6-7-13)19(24)18(15)23/h2-5,8-9,13H,6-7,10-11H2,1H3. The summed E-state index contributed by atoms with van der Waals surface area (Å²) in [5.74, 6) is 0.127. The lowest BCUT2D eigenvalue weighted by Gasteiger charge is -2.29. The molecular weight excluding hydrogens is 300 g/mol. The van der Waals surface area contributed by atoms with E-state index in [9.17, 15) is 4.79 Å². The summed E-state index contributed by atoms with van der Waals surface area (Å²) < 4.78 is 2.13. The number of amides is 1. The Bertz CT molecular complexity index is 971. The van der Waals surface area contributed by atoms with E-state index in [1.165, 1.54) is 0 Å². The number of hydrogen-bond donors (Lipinski definition) is 0. The van der Waals surface area contributed by atoms with Gasteiger partial charge in [0.25, 0.3) is 5.91 Å². The first kappa shape index (κ1) is 13.7. The molecule has 0 N–H and O–H groups in total. The average Bonchev–Trinajstić information content (AvgIpc) is 3.38. The van der Waals surface area contributed by atoms with Gasteiger partial charge in [-0.15, -0.1) is 0 Å². The number of aromatic nitrogens is 3. The van der Waals surface area contributed by atoms with Gasteiger partial charge in [-0.3, -0.25) is 14.8 Å². The third kappa shape index (κ3) is 1.84. The van der Waals surface area contributed by atoms with Gasteiger partial charge in [-0.05, 0) is 43.5 Å². The van der Waals surface area contributed by atoms with E-state index in [2.05, 4.69) is 14.5 Å². The van der Waals surface area contributed by atoms with Gasteiger partial charge >= 0.3 is 0 Å². The molecule has 5 heteroatoms. The maximum Gasteiger partial charge on any atom is 0.271 e. The van der Waals surface area contributed by atoms with Gasteiger partial charge in [0, 0.05) is 31.5 Å². The van der Waals surface area contributed by atoms with E-state index >= 15 is 0 Å². The fourth-order valence-corrected chi connectivity index (χ4v) is 3.78. The number of nitrogens with zero attached hydrogens (tertiary/aromatic N) is 4. The molecular formula is C19H18N4O. The van der Waals surface area contributed by atoms with Crippen LogP contribution in [0.1, 0.15) is 28.9 Å². The molecule has 3 aromatic rings. The molecule has 1 amide bonds. The predicted octanol–water partition coefficient (Wildman–Crippen LogP) is 3.02. The maximum absolute atomic E-state index is 13.2. The van der Waals surface area contributed by atoms with Gasteiger partial charge in [0.15, 0.2) is 0 Å². The van der Waals surface area contributed by atoms with Gasteiger partial charge in [0.05, 0.1) is 22.3 Å². The molecule has 0 saturated heterocycles. The maximum atomic E-state index is 13.2. The van der Waals surface area contributed by atoms with Crippen LogP contribution < -0.4 is 0 Å². The fourth-order valence-electron chi connectivity index (χ4n) is 3.78. The van der Waals surface area contributed by atoms with E-state index in [0.29, 0.717) is 6.04 Å². The zero-order valence-electron chi connectivity index (χ0n) is 13.6. The van der Waals surface area contributed by atoms with Crippen molar-refractivity contribution in [2.75, 3.05) is 6.54 Å². The van der Waals surface area contributed by atoms with Crippen molar-refractivity contribution in [3.8, 4) is 11.3 Å². The lowest BCUT2D eigenvalue weighted by Crippen LogP contribution is -2.41. The summed E-state index contributed by atoms with van der Waals surface area (Å²) in [7, 11) is 0. The van der Waals surface area contributed by atoms with E-state index in [0.717, 1.165) is 59.5 Å². The Balaban J connectivity index is 1.83. The van der Waals surface area contributed by atoms with Crippen LogP contribution in [0.2, 0.25) is 0 Å². The Kier molecular flexibility index (Phi) is 2.80. The molecule has 3 aromatic heterocycles. The van der Waals surface area contributed by atoms with Crippen molar-refractivity contribution in [1.29, 1.82) is 0 Å². The van der Waals surface area contributed by atoms with E-state index in [1.807, 2.05) is 36.1 Å². The van der Waals surface area contributed by atoms with E-state index in [1.54, 1.807) is 12.4 Å². The SMILES string of the molecule is Cc1cccnc1-c1c2n(c3cccnc13)CCN(C1CC1)C2=O. The van der Waals surface area contributed by atoms with Crippen molar-refractivity contribution in [3.05, 3.63) is 47.9 Å². The Labute approximate surface area is 139 Å². The zero-order valence-corrected chi connectivity index (χ0v) is 13.6. The van der Waals surface area contributed by atoms with Crippen molar-refractivity contribution in [1.82, 2.24) is 19.4 Å². The normalized spacial score (nSPS) is 17.4. The highest BCUT2D eigenvalue weighted by atomic mass is 16.2. The molecule has 5 rings (SSSR count). The molecule has 4 heterocycles. The average molecular weight is 318 g/mol. The molecule has 0 unspecified atom stereocenters. The quantitative estimate of drug-likeness (QED) is 0.730. The van der Waals surface area contributed by atoms with E-state index in [-0.39, 0.29) is 5.91 Å². The highest BCUT2D eigenvalue weighted by molar-refractivity contribution is 6.09. The molecule has 0 atom stereocenters. The highest BCUT2D eigenvalue weighted by Crippen LogP contribution is 2.39. The molecule has 5 nitrogen and oxygen atoms in total. The number of pyridine rings is 2. The van der Waals surface area contributed by atoms with Crippen LogP contribution in [0.3, 0.4) is 0 Å². The summed E-state index contributed by atoms with van der Waals surface area (Å²) in [6, 6.07) is 8.37. The van der Waals surface area contributed by atoms with Crippen molar-refractivity contribution >= 4 is 16.9 Å². The minimum atomic E-state index is 0.127. The van der Waals surface area contributed by atoms with Crippen molar-refractivity contribution in [3.63, 3.8) is 0 Å². The van der Waals surface area contributed by atoms with Crippen LogP contribution in [0.4, 0.5) is 0 Å². The van der Waals surface area contributed by atoms with Crippen LogP contribution in [0.25, 0.3) is 22.3 Å². The van der Waals surface area contributed by atoms with Gasteiger partial charge in [-0.2, -0.15) is 0 Å². The first-order chi connectivity index (χ1) is 11.8. The van der Waals surface area contributed by atoms with Gasteiger partial charge in [0.1, 0.15) is 5.69 Å². The summed E-state index contributed by atoms with van der Waals surface area (Å²) in [4.78, 5) is 24.4. The molecule has 1 fully saturated rings. The number of carbonyl (C=O) groups is 1. The molecule has 1 aliphatic heterocycles. The summed E-state index contributed by atoms with van der Waals surface area (Å²) in [5.41, 5.74) is 5.47. The molecule has 1 aliphatic carbocycles. The molecule has 1 saturated carbocycles. The lowest BCUT2D eigenvalue weighted by atomic mass is 10.0. The molecule has 0 spiro atoms. The summed E-state index contributed by atoms with van der Waals surface area (Å²) in [5, 5.41) is 0. The lowest BCUT2D eigenvalue weighted by molar-refractivity contribution is 0.0694. The molecule has 2 aliphatic rings. The van der Waals surface area contributed by atoms with Crippen LogP contribution in [-0.2, 0) is 6.54 Å². The Morgan fingerprint density at radius 1 is 1.08 bits per heavy atom. The second kappa shape index (κ2) is 4.90. The van der Waals surface area contributed by atoms with Crippen LogP contribution in [0, 0.1) is 6.92 Å². The van der Waals surface area contributed by atoms with Crippen molar-refractivity contribution in [2.45, 2.75) is 32.4 Å². The fraction of sp³-hybridized carbons (Fsp3) is 0.316. The number of carbonyl (C=O) groups excluding carboxylic acids is 1. The van der Waals surface area contributed by atoms with Crippen molar-refractivity contribution in [2.24, 2.45) is 0 Å². The van der Waals surface area contributed by atoms with Crippen LogP contribution in [0.5, 0.6) is 0 Å². The van der Waals surface area contributed by atoms with Crippen molar-refractivity contribution < 1.29 is 4.79 Å². The van der Waals surface area contributed by atoms with Gasteiger partial charge in [0.2, 0.25) is 0 Å². The smallest absolute Gasteiger partial charge is 0.271 e. The van der Waals surface area contributed by atoms with Gasteiger partial charge in [-0.25, -0.2) is 0 Å². The Hall–Kier alpha value is -2.69. The summed E-state index contributed by atoms with van der Waals surface area (Å²) in [6.07, 6.45) is 5.83. The molecule has 24 heavy (non-hydrogen) atoms. The van der Waals surface area contributed by atoms with Crippen LogP contribution in [-0.4, -0.2) is 37.9 Å². The largest absolute Gasteiger partial charge is 0.333 e. The highest BCUT2D eigenvalue weighted by Gasteiger charge is 2.39. The predicted molar refractivity (Wildman–Crippen MR) is 91.8 cm³/mol. The third-order valence-corrected chi connectivity index (χ3v) is 5.08. The van der Waals surface area contributed by atoms with Gasteiger partial charge in [-0.1, -0.05) is 6.07 Å². The number of rotatable bonds is 2. The summed E-state index contributed by atoms with van der Waals surface area (Å²) in [6.45, 7) is 3.65. The number of aryl methyl sites for hydroxylation is 1. The van der Waals surface area contributed by atoms with Crippen LogP contribution in [0.15, 0.2) is 36.7 Å². The minimum absolute atomic E-state index is 0.127. The molecule has 120 valence electrons. The second-order valence-electron chi connectivity index (χ2n) is 6.65. The Morgan fingerprint density at radius 2 is 1.88 bits per heavy atom. The minimum Gasteiger partial charge on any atom is -0.333 e. The second-order valence-corrected chi connectivity index (χ2v) is 6.65. The first-order valence-corrected chi connectivity index (χ1v) is 8.46. The van der Waals surface area contributed by atoms with Gasteiger partial charge < -0.3 is 9.47 Å². The Morgan fingerprint density at radius 3 is 2.67 bits per heavy atom. The monoisotopic (exact) mass is 318 g/mol. The van der Waals surface area contributed by atoms with Crippen LogP contribution >= 0.6 is 0 Å². The summed E-state index contributed by atoms with van der Waals surface area (Å²) >= 11 is 0. The van der Waals surface area contributed by atoms with E-state index in [4.69, 9.17) is 0 Å². The first-order valence-electron chi connectivity index (χ1n) is 8.46. The topological polar surface area (TPSA) is 51.0 Å². The molecule has 0 aromatic carbocycles. The van der Waals surface area contributed by atoms with E-state index < -0.39 is 0 Å². The number of hydrogen-bond acceptors (Lipinski definition) is 3.